The van der Waals surface area contributed by atoms with Crippen LogP contribution in [0.3, 0.4) is 0 Å². The predicted octanol–water partition coefficient (Wildman–Crippen LogP) is 3.60. The summed E-state index contributed by atoms with van der Waals surface area (Å²) in [5.74, 6) is 1.23. The van der Waals surface area contributed by atoms with Crippen LogP contribution >= 0.6 is 0 Å². The van der Waals surface area contributed by atoms with E-state index in [9.17, 15) is 5.11 Å². The second kappa shape index (κ2) is 4.13. The van der Waals surface area contributed by atoms with E-state index in [0.717, 1.165) is 16.9 Å². The zero-order valence-electron chi connectivity index (χ0n) is 9.47. The van der Waals surface area contributed by atoms with Crippen molar-refractivity contribution in [1.29, 1.82) is 0 Å². The van der Waals surface area contributed by atoms with E-state index in [0.29, 0.717) is 11.9 Å². The second-order valence-electron chi connectivity index (χ2n) is 4.39. The fraction of sp³-hybridized carbons (Fsp3) is 0.200. The van der Waals surface area contributed by atoms with E-state index in [4.69, 9.17) is 4.74 Å². The van der Waals surface area contributed by atoms with E-state index in [1.807, 2.05) is 36.4 Å². The van der Waals surface area contributed by atoms with Crippen LogP contribution in [0.2, 0.25) is 0 Å². The van der Waals surface area contributed by atoms with Gasteiger partial charge in [0.25, 0.3) is 0 Å². The van der Waals surface area contributed by atoms with Gasteiger partial charge in [-0.15, -0.1) is 0 Å². The summed E-state index contributed by atoms with van der Waals surface area (Å²) in [6, 6.07) is 15.3. The molecule has 0 radical (unpaired) electrons. The Hall–Kier alpha value is -1.96. The van der Waals surface area contributed by atoms with Gasteiger partial charge in [-0.25, -0.2) is 0 Å². The molecular formula is C15H14O2. The Bertz CT molecular complexity index is 495. The standard InChI is InChI=1S/C15H14O2/c16-13-5-1-11(2-6-13)12-3-7-14(8-4-12)17-15-9-10-15/h1-8,15-16H,9-10H2. The molecule has 0 saturated heterocycles. The summed E-state index contributed by atoms with van der Waals surface area (Å²) < 4.78 is 5.70. The predicted molar refractivity (Wildman–Crippen MR) is 67.2 cm³/mol. The van der Waals surface area contributed by atoms with Crippen molar-refractivity contribution in [2.24, 2.45) is 0 Å². The molecule has 0 heterocycles. The Labute approximate surface area is 100 Å². The number of aromatic hydroxyl groups is 1. The van der Waals surface area contributed by atoms with Crippen molar-refractivity contribution in [3.8, 4) is 22.6 Å². The molecule has 1 saturated carbocycles. The Morgan fingerprint density at radius 1 is 0.824 bits per heavy atom. The minimum absolute atomic E-state index is 0.294. The molecule has 1 N–H and O–H groups in total. The average molecular weight is 226 g/mol. The Balaban J connectivity index is 1.80. The highest BCUT2D eigenvalue weighted by atomic mass is 16.5. The third kappa shape index (κ3) is 2.41. The first-order valence-corrected chi connectivity index (χ1v) is 5.87. The molecule has 0 spiro atoms. The molecule has 17 heavy (non-hydrogen) atoms. The summed E-state index contributed by atoms with van der Waals surface area (Å²) in [6.45, 7) is 0. The zero-order valence-corrected chi connectivity index (χ0v) is 9.47. The van der Waals surface area contributed by atoms with Crippen molar-refractivity contribution < 1.29 is 9.84 Å². The molecule has 0 unspecified atom stereocenters. The fourth-order valence-corrected chi connectivity index (χ4v) is 1.76. The molecule has 2 aromatic rings. The molecule has 3 rings (SSSR count). The highest BCUT2D eigenvalue weighted by Gasteiger charge is 2.23. The highest BCUT2D eigenvalue weighted by Crippen LogP contribution is 2.29. The number of hydrogen-bond acceptors (Lipinski definition) is 2. The molecular weight excluding hydrogens is 212 g/mol. The molecule has 0 aromatic heterocycles. The number of ether oxygens (including phenoxy) is 1. The molecule has 1 aliphatic carbocycles. The van der Waals surface area contributed by atoms with Gasteiger partial charge in [-0.05, 0) is 48.2 Å². The van der Waals surface area contributed by atoms with E-state index in [-0.39, 0.29) is 0 Å². The Kier molecular flexibility index (Phi) is 2.48. The van der Waals surface area contributed by atoms with Gasteiger partial charge in [0, 0.05) is 0 Å². The van der Waals surface area contributed by atoms with Crippen LogP contribution in [0.15, 0.2) is 48.5 Å². The summed E-state index contributed by atoms with van der Waals surface area (Å²) in [6.07, 6.45) is 2.80. The van der Waals surface area contributed by atoms with Crippen LogP contribution in [-0.4, -0.2) is 11.2 Å². The number of benzene rings is 2. The highest BCUT2D eigenvalue weighted by molar-refractivity contribution is 5.64. The van der Waals surface area contributed by atoms with Crippen LogP contribution < -0.4 is 4.74 Å². The van der Waals surface area contributed by atoms with Gasteiger partial charge in [0.05, 0.1) is 6.10 Å². The third-order valence-electron chi connectivity index (χ3n) is 2.88. The van der Waals surface area contributed by atoms with E-state index in [1.54, 1.807) is 12.1 Å². The van der Waals surface area contributed by atoms with Crippen molar-refractivity contribution in [1.82, 2.24) is 0 Å². The molecule has 86 valence electrons. The third-order valence-corrected chi connectivity index (χ3v) is 2.88. The Morgan fingerprint density at radius 3 is 1.88 bits per heavy atom. The summed E-state index contributed by atoms with van der Waals surface area (Å²) in [5.41, 5.74) is 2.23. The maximum absolute atomic E-state index is 9.23. The lowest BCUT2D eigenvalue weighted by Crippen LogP contribution is -1.95. The van der Waals surface area contributed by atoms with E-state index < -0.39 is 0 Å². The van der Waals surface area contributed by atoms with E-state index in [1.165, 1.54) is 12.8 Å². The molecule has 0 atom stereocenters. The van der Waals surface area contributed by atoms with Crippen molar-refractivity contribution >= 4 is 0 Å². The van der Waals surface area contributed by atoms with Gasteiger partial charge < -0.3 is 9.84 Å². The van der Waals surface area contributed by atoms with Crippen LogP contribution in [0.5, 0.6) is 11.5 Å². The topological polar surface area (TPSA) is 29.5 Å². The van der Waals surface area contributed by atoms with Crippen LogP contribution in [0.4, 0.5) is 0 Å². The fourth-order valence-electron chi connectivity index (χ4n) is 1.76. The molecule has 1 fully saturated rings. The quantitative estimate of drug-likeness (QED) is 0.866. The summed E-state index contributed by atoms with van der Waals surface area (Å²) in [7, 11) is 0. The summed E-state index contributed by atoms with van der Waals surface area (Å²) in [4.78, 5) is 0. The first kappa shape index (κ1) is 10.2. The molecule has 0 aliphatic heterocycles. The second-order valence-corrected chi connectivity index (χ2v) is 4.39. The molecule has 2 heteroatoms. The SMILES string of the molecule is Oc1ccc(-c2ccc(OC3CC3)cc2)cc1. The smallest absolute Gasteiger partial charge is 0.119 e. The van der Waals surface area contributed by atoms with Crippen LogP contribution in [-0.2, 0) is 0 Å². The minimum Gasteiger partial charge on any atom is -0.508 e. The molecule has 0 bridgehead atoms. The first-order valence-electron chi connectivity index (χ1n) is 5.87. The van der Waals surface area contributed by atoms with Gasteiger partial charge in [0.1, 0.15) is 11.5 Å². The minimum atomic E-state index is 0.294. The maximum atomic E-state index is 9.23. The lowest BCUT2D eigenvalue weighted by Gasteiger charge is -2.06. The maximum Gasteiger partial charge on any atom is 0.119 e. The van der Waals surface area contributed by atoms with E-state index in [2.05, 4.69) is 0 Å². The van der Waals surface area contributed by atoms with Crippen molar-refractivity contribution in [3.05, 3.63) is 48.5 Å². The molecule has 0 amide bonds. The molecule has 2 nitrogen and oxygen atoms in total. The molecule has 2 aromatic carbocycles. The lowest BCUT2D eigenvalue weighted by molar-refractivity contribution is 0.303. The first-order chi connectivity index (χ1) is 8.31. The van der Waals surface area contributed by atoms with Gasteiger partial charge in [0.2, 0.25) is 0 Å². The summed E-state index contributed by atoms with van der Waals surface area (Å²) in [5, 5.41) is 9.23. The van der Waals surface area contributed by atoms with Crippen LogP contribution in [0, 0.1) is 0 Å². The zero-order chi connectivity index (χ0) is 11.7. The normalized spacial score (nSPS) is 14.6. The monoisotopic (exact) mass is 226 g/mol. The van der Waals surface area contributed by atoms with Crippen LogP contribution in [0.1, 0.15) is 12.8 Å². The number of hydrogen-bond donors (Lipinski definition) is 1. The van der Waals surface area contributed by atoms with Gasteiger partial charge in [-0.3, -0.25) is 0 Å². The van der Waals surface area contributed by atoms with Crippen molar-refractivity contribution in [3.63, 3.8) is 0 Å². The van der Waals surface area contributed by atoms with Crippen molar-refractivity contribution in [2.45, 2.75) is 18.9 Å². The van der Waals surface area contributed by atoms with Gasteiger partial charge >= 0.3 is 0 Å². The average Bonchev–Trinajstić information content (AvgIpc) is 3.15. The number of phenols is 1. The number of phenolic OH excluding ortho intramolecular Hbond substituents is 1. The van der Waals surface area contributed by atoms with Gasteiger partial charge in [-0.1, -0.05) is 24.3 Å². The van der Waals surface area contributed by atoms with E-state index >= 15 is 0 Å². The summed E-state index contributed by atoms with van der Waals surface area (Å²) >= 11 is 0. The Morgan fingerprint density at radius 2 is 1.35 bits per heavy atom. The largest absolute Gasteiger partial charge is 0.508 e. The van der Waals surface area contributed by atoms with Crippen molar-refractivity contribution in [2.75, 3.05) is 0 Å². The van der Waals surface area contributed by atoms with Gasteiger partial charge in [0.15, 0.2) is 0 Å². The van der Waals surface area contributed by atoms with Crippen LogP contribution in [0.25, 0.3) is 11.1 Å². The molecule has 1 aliphatic rings. The van der Waals surface area contributed by atoms with Gasteiger partial charge in [-0.2, -0.15) is 0 Å². The lowest BCUT2D eigenvalue weighted by atomic mass is 10.1. The number of rotatable bonds is 3.